The van der Waals surface area contributed by atoms with Crippen LogP contribution in [0.25, 0.3) is 0 Å². The lowest BCUT2D eigenvalue weighted by molar-refractivity contribution is -0.141. The molecule has 18 heavy (non-hydrogen) atoms. The van der Waals surface area contributed by atoms with Gasteiger partial charge in [-0.2, -0.15) is 0 Å². The molecule has 0 unspecified atom stereocenters. The Balaban J connectivity index is 2.46. The number of rotatable bonds is 6. The standard InChI is InChI=1S/C13H20N2O3/c1-3-7-15(8-4-2)13(18)14-11-6-5-10(9-11)12(16)17/h3-4,10-11H,1-2,5-9H2,(H,14,18)(H,16,17)/t10-,11+/m1/s1. The summed E-state index contributed by atoms with van der Waals surface area (Å²) in [4.78, 5) is 24.3. The molecule has 1 aliphatic carbocycles. The number of urea groups is 1. The zero-order chi connectivity index (χ0) is 13.5. The molecule has 1 fully saturated rings. The number of carbonyl (C=O) groups is 2. The van der Waals surface area contributed by atoms with E-state index in [-0.39, 0.29) is 18.0 Å². The SMILES string of the molecule is C=CCN(CC=C)C(=O)N[C@H]1CC[C@@H](C(=O)O)C1. The van der Waals surface area contributed by atoms with Crippen LogP contribution in [0.2, 0.25) is 0 Å². The van der Waals surface area contributed by atoms with E-state index in [2.05, 4.69) is 18.5 Å². The van der Waals surface area contributed by atoms with E-state index in [4.69, 9.17) is 5.11 Å². The van der Waals surface area contributed by atoms with Crippen molar-refractivity contribution in [1.82, 2.24) is 10.2 Å². The van der Waals surface area contributed by atoms with Crippen molar-refractivity contribution in [2.45, 2.75) is 25.3 Å². The molecule has 0 bridgehead atoms. The molecule has 0 aliphatic heterocycles. The molecule has 100 valence electrons. The summed E-state index contributed by atoms with van der Waals surface area (Å²) in [6, 6.07) is -0.235. The van der Waals surface area contributed by atoms with Gasteiger partial charge >= 0.3 is 12.0 Å². The topological polar surface area (TPSA) is 69.6 Å². The lowest BCUT2D eigenvalue weighted by atomic mass is 10.1. The van der Waals surface area contributed by atoms with E-state index in [1.807, 2.05) is 0 Å². The molecule has 2 atom stereocenters. The molecule has 2 N–H and O–H groups in total. The molecule has 0 aromatic rings. The number of nitrogens with one attached hydrogen (secondary N) is 1. The highest BCUT2D eigenvalue weighted by Crippen LogP contribution is 2.25. The molecule has 1 aliphatic rings. The quantitative estimate of drug-likeness (QED) is 0.706. The molecule has 5 nitrogen and oxygen atoms in total. The molecular weight excluding hydrogens is 232 g/mol. The largest absolute Gasteiger partial charge is 0.481 e. The van der Waals surface area contributed by atoms with Crippen molar-refractivity contribution in [3.8, 4) is 0 Å². The summed E-state index contributed by atoms with van der Waals surface area (Å²) in [5.41, 5.74) is 0. The van der Waals surface area contributed by atoms with Gasteiger partial charge in [0.2, 0.25) is 0 Å². The summed E-state index contributed by atoms with van der Waals surface area (Å²) in [7, 11) is 0. The Kier molecular flexibility index (Phi) is 5.42. The van der Waals surface area contributed by atoms with Gasteiger partial charge in [-0.1, -0.05) is 12.2 Å². The predicted molar refractivity (Wildman–Crippen MR) is 69.3 cm³/mol. The highest BCUT2D eigenvalue weighted by atomic mass is 16.4. The molecule has 0 aromatic carbocycles. The summed E-state index contributed by atoms with van der Waals surface area (Å²) in [5.74, 6) is -1.11. The zero-order valence-electron chi connectivity index (χ0n) is 10.5. The van der Waals surface area contributed by atoms with E-state index in [1.54, 1.807) is 17.1 Å². The van der Waals surface area contributed by atoms with Crippen LogP contribution < -0.4 is 5.32 Å². The van der Waals surface area contributed by atoms with E-state index < -0.39 is 5.97 Å². The average molecular weight is 252 g/mol. The number of aliphatic carboxylic acids is 1. The average Bonchev–Trinajstić information content (AvgIpc) is 2.77. The van der Waals surface area contributed by atoms with Gasteiger partial charge in [-0.25, -0.2) is 4.79 Å². The van der Waals surface area contributed by atoms with Crippen LogP contribution in [0.15, 0.2) is 25.3 Å². The van der Waals surface area contributed by atoms with Gasteiger partial charge in [0.05, 0.1) is 5.92 Å². The first kappa shape index (κ1) is 14.3. The van der Waals surface area contributed by atoms with Crippen LogP contribution in [0.1, 0.15) is 19.3 Å². The molecule has 0 saturated heterocycles. The second-order valence-corrected chi connectivity index (χ2v) is 4.48. The highest BCUT2D eigenvalue weighted by molar-refractivity contribution is 5.75. The maximum Gasteiger partial charge on any atom is 0.318 e. The van der Waals surface area contributed by atoms with E-state index >= 15 is 0 Å². The second-order valence-electron chi connectivity index (χ2n) is 4.48. The summed E-state index contributed by atoms with van der Waals surface area (Å²) < 4.78 is 0. The third kappa shape index (κ3) is 3.91. The summed E-state index contributed by atoms with van der Waals surface area (Å²) in [6.45, 7) is 8.10. The molecule has 0 aromatic heterocycles. The summed E-state index contributed by atoms with van der Waals surface area (Å²) in [5, 5.41) is 11.8. The fourth-order valence-corrected chi connectivity index (χ4v) is 2.15. The molecule has 2 amide bonds. The number of carboxylic acids is 1. The first-order valence-electron chi connectivity index (χ1n) is 6.08. The van der Waals surface area contributed by atoms with Gasteiger partial charge in [0, 0.05) is 19.1 Å². The van der Waals surface area contributed by atoms with Crippen LogP contribution in [0.3, 0.4) is 0 Å². The Morgan fingerprint density at radius 3 is 2.33 bits per heavy atom. The van der Waals surface area contributed by atoms with Crippen LogP contribution in [0.5, 0.6) is 0 Å². The van der Waals surface area contributed by atoms with Gasteiger partial charge in [-0.3, -0.25) is 4.79 Å². The van der Waals surface area contributed by atoms with E-state index in [9.17, 15) is 9.59 Å². The Labute approximate surface area is 107 Å². The minimum atomic E-state index is -0.777. The van der Waals surface area contributed by atoms with Crippen molar-refractivity contribution in [3.63, 3.8) is 0 Å². The van der Waals surface area contributed by atoms with Crippen LogP contribution in [0, 0.1) is 5.92 Å². The lowest BCUT2D eigenvalue weighted by Crippen LogP contribution is -2.44. The summed E-state index contributed by atoms with van der Waals surface area (Å²) in [6.07, 6.45) is 5.16. The van der Waals surface area contributed by atoms with Crippen molar-refractivity contribution in [3.05, 3.63) is 25.3 Å². The van der Waals surface area contributed by atoms with Crippen LogP contribution in [0.4, 0.5) is 4.79 Å². The first-order valence-corrected chi connectivity index (χ1v) is 6.08. The number of nitrogens with zero attached hydrogens (tertiary/aromatic N) is 1. The fourth-order valence-electron chi connectivity index (χ4n) is 2.15. The normalized spacial score (nSPS) is 22.2. The van der Waals surface area contributed by atoms with E-state index in [0.29, 0.717) is 25.9 Å². The minimum Gasteiger partial charge on any atom is -0.481 e. The maximum absolute atomic E-state index is 11.9. The van der Waals surface area contributed by atoms with Crippen molar-refractivity contribution < 1.29 is 14.7 Å². The Morgan fingerprint density at radius 1 is 1.28 bits per heavy atom. The number of carboxylic acid groups (broad SMARTS) is 1. The summed E-state index contributed by atoms with van der Waals surface area (Å²) >= 11 is 0. The number of amides is 2. The maximum atomic E-state index is 11.9. The highest BCUT2D eigenvalue weighted by Gasteiger charge is 2.31. The molecule has 0 spiro atoms. The molecule has 5 heteroatoms. The second kappa shape index (κ2) is 6.83. The minimum absolute atomic E-state index is 0.0456. The molecule has 1 saturated carbocycles. The predicted octanol–water partition coefficient (Wildman–Crippen LogP) is 1.62. The first-order chi connectivity index (χ1) is 8.58. The van der Waals surface area contributed by atoms with E-state index in [1.165, 1.54) is 0 Å². The van der Waals surface area contributed by atoms with Crippen molar-refractivity contribution >= 4 is 12.0 Å². The van der Waals surface area contributed by atoms with Crippen molar-refractivity contribution in [2.75, 3.05) is 13.1 Å². The third-order valence-electron chi connectivity index (χ3n) is 3.10. The lowest BCUT2D eigenvalue weighted by Gasteiger charge is -2.22. The molecule has 0 radical (unpaired) electrons. The Hall–Kier alpha value is -1.78. The number of hydrogen-bond acceptors (Lipinski definition) is 2. The number of hydrogen-bond donors (Lipinski definition) is 2. The molecule has 0 heterocycles. The van der Waals surface area contributed by atoms with Crippen LogP contribution >= 0.6 is 0 Å². The number of carbonyl (C=O) groups excluding carboxylic acids is 1. The van der Waals surface area contributed by atoms with Gasteiger partial charge in [-0.05, 0) is 19.3 Å². The van der Waals surface area contributed by atoms with Gasteiger partial charge in [0.1, 0.15) is 0 Å². The van der Waals surface area contributed by atoms with Gasteiger partial charge < -0.3 is 15.3 Å². The van der Waals surface area contributed by atoms with Gasteiger partial charge in [-0.15, -0.1) is 13.2 Å². The fraction of sp³-hybridized carbons (Fsp3) is 0.538. The Bertz CT molecular complexity index is 331. The Morgan fingerprint density at radius 2 is 1.89 bits per heavy atom. The monoisotopic (exact) mass is 252 g/mol. The van der Waals surface area contributed by atoms with Crippen molar-refractivity contribution in [1.29, 1.82) is 0 Å². The van der Waals surface area contributed by atoms with Gasteiger partial charge in [0.15, 0.2) is 0 Å². The molecular formula is C13H20N2O3. The van der Waals surface area contributed by atoms with Gasteiger partial charge in [0.25, 0.3) is 0 Å². The van der Waals surface area contributed by atoms with Crippen molar-refractivity contribution in [2.24, 2.45) is 5.92 Å². The third-order valence-corrected chi connectivity index (χ3v) is 3.10. The van der Waals surface area contributed by atoms with E-state index in [0.717, 1.165) is 6.42 Å². The van der Waals surface area contributed by atoms with Crippen LogP contribution in [-0.2, 0) is 4.79 Å². The van der Waals surface area contributed by atoms with Crippen LogP contribution in [-0.4, -0.2) is 41.1 Å². The molecule has 1 rings (SSSR count). The smallest absolute Gasteiger partial charge is 0.318 e. The zero-order valence-corrected chi connectivity index (χ0v) is 10.5.